The summed E-state index contributed by atoms with van der Waals surface area (Å²) in [4.78, 5) is 22.1. The lowest BCUT2D eigenvalue weighted by molar-refractivity contribution is -0.256. The topological polar surface area (TPSA) is 119 Å². The first-order valence-electron chi connectivity index (χ1n) is 24.9. The van der Waals surface area contributed by atoms with Crippen LogP contribution in [0, 0.1) is 29.4 Å². The molecule has 366 valence electrons. The van der Waals surface area contributed by atoms with Gasteiger partial charge in [-0.3, -0.25) is 4.90 Å². The Kier molecular flexibility index (Phi) is 20.6. The monoisotopic (exact) mass is 929 g/mol. The van der Waals surface area contributed by atoms with Crippen LogP contribution < -0.4 is 9.47 Å². The summed E-state index contributed by atoms with van der Waals surface area (Å²) < 4.78 is 56.1. The molecule has 0 spiro atoms. The van der Waals surface area contributed by atoms with Crippen LogP contribution in [0.4, 0.5) is 13.6 Å². The van der Waals surface area contributed by atoms with Crippen molar-refractivity contribution in [2.24, 2.45) is 22.9 Å². The molecule has 3 aromatic carbocycles. The van der Waals surface area contributed by atoms with Crippen LogP contribution in [0.3, 0.4) is 0 Å². The number of allylic oxidation sites excluding steroid dienone is 1. The average Bonchev–Trinajstić information content (AvgIpc) is 3.33. The zero-order chi connectivity index (χ0) is 47.4. The van der Waals surface area contributed by atoms with Crippen LogP contribution in [0.15, 0.2) is 96.2 Å². The standard InChI is InChI=1S/C55H74F2N2O8/c1-4-6-7-8-9-10-11-12-13-20-34-64-54(62)59(38-40-25-27-43(56)28-26-40)51-37-49(58-63-3)46-35-41(21-16-18-31-60)45(23-17-19-32-61)52-47-36-44(65-39-42-22-14-15-24-48(42)57)29-30-50(47)67-55(51,53(46)52)66-33-5-2/h5,14-15,22,24-30,35-36,41,45,51-53,60-61H,2,4,6-13,16-21,23,31-34,37-39H2,1,3H3. The Bertz CT molecular complexity index is 2060. The fourth-order valence-corrected chi connectivity index (χ4v) is 10.5. The van der Waals surface area contributed by atoms with Gasteiger partial charge < -0.3 is 34.0 Å². The highest BCUT2D eigenvalue weighted by Crippen LogP contribution is 2.62. The molecule has 67 heavy (non-hydrogen) atoms. The maximum atomic E-state index is 14.8. The highest BCUT2D eigenvalue weighted by Gasteiger charge is 2.65. The summed E-state index contributed by atoms with van der Waals surface area (Å²) in [6, 6.07) is 17.5. The summed E-state index contributed by atoms with van der Waals surface area (Å²) in [6.07, 6.45) is 19.4. The lowest BCUT2D eigenvalue weighted by Gasteiger charge is -2.59. The third-order valence-electron chi connectivity index (χ3n) is 13.8. The molecule has 6 rings (SSSR count). The van der Waals surface area contributed by atoms with Gasteiger partial charge in [0, 0.05) is 43.2 Å². The molecule has 1 heterocycles. The second-order valence-electron chi connectivity index (χ2n) is 18.4. The van der Waals surface area contributed by atoms with Gasteiger partial charge in [-0.2, -0.15) is 0 Å². The van der Waals surface area contributed by atoms with Crippen molar-refractivity contribution < 1.29 is 47.6 Å². The van der Waals surface area contributed by atoms with Crippen molar-refractivity contribution in [3.05, 3.63) is 119 Å². The van der Waals surface area contributed by atoms with Gasteiger partial charge in [-0.1, -0.05) is 125 Å². The Morgan fingerprint density at radius 2 is 1.60 bits per heavy atom. The van der Waals surface area contributed by atoms with Crippen LogP contribution in [0.2, 0.25) is 0 Å². The predicted octanol–water partition coefficient (Wildman–Crippen LogP) is 12.4. The lowest BCUT2D eigenvalue weighted by atomic mass is 9.55. The van der Waals surface area contributed by atoms with E-state index in [9.17, 15) is 23.8 Å². The van der Waals surface area contributed by atoms with E-state index in [1.165, 1.54) is 63.8 Å². The van der Waals surface area contributed by atoms with Gasteiger partial charge in [0.25, 0.3) is 0 Å². The molecule has 10 nitrogen and oxygen atoms in total. The molecule has 1 amide bonds. The summed E-state index contributed by atoms with van der Waals surface area (Å²) in [7, 11) is 1.51. The third kappa shape index (κ3) is 13.5. The molecule has 12 heteroatoms. The first-order chi connectivity index (χ1) is 32.8. The molecule has 0 bridgehead atoms. The summed E-state index contributed by atoms with van der Waals surface area (Å²) in [5.74, 6) is -1.96. The Morgan fingerprint density at radius 3 is 2.28 bits per heavy atom. The zero-order valence-corrected chi connectivity index (χ0v) is 39.9. The summed E-state index contributed by atoms with van der Waals surface area (Å²) in [6.45, 7) is 6.82. The summed E-state index contributed by atoms with van der Waals surface area (Å²) in [5, 5.41) is 24.6. The number of carbonyl (C=O) groups is 1. The zero-order valence-electron chi connectivity index (χ0n) is 39.9. The van der Waals surface area contributed by atoms with Gasteiger partial charge in [-0.05, 0) is 91.5 Å². The van der Waals surface area contributed by atoms with Crippen LogP contribution in [0.25, 0.3) is 0 Å². The SMILES string of the molecule is C=CCOC12Oc3ccc(OCc4ccccc4F)cc3C3C(CCCCO)C(CCCCO)C=C(C(=NOC)CC1N(Cc1ccc(F)cc1)C(=O)OCCCCCCCCCCCC)C32. The van der Waals surface area contributed by atoms with E-state index < -0.39 is 23.8 Å². The summed E-state index contributed by atoms with van der Waals surface area (Å²) >= 11 is 0. The van der Waals surface area contributed by atoms with E-state index in [1.54, 1.807) is 41.3 Å². The van der Waals surface area contributed by atoms with E-state index in [0.717, 1.165) is 62.5 Å². The van der Waals surface area contributed by atoms with E-state index in [2.05, 4.69) is 24.7 Å². The maximum Gasteiger partial charge on any atom is 0.410 e. The normalized spacial score (nSPS) is 22.3. The Balaban J connectivity index is 1.42. The molecule has 3 aliphatic rings. The van der Waals surface area contributed by atoms with Crippen molar-refractivity contribution >= 4 is 11.8 Å². The lowest BCUT2D eigenvalue weighted by Crippen LogP contribution is -2.70. The number of aliphatic hydroxyl groups excluding tert-OH is 2. The molecule has 6 atom stereocenters. The van der Waals surface area contributed by atoms with Crippen LogP contribution in [0.1, 0.15) is 139 Å². The number of fused-ring (bicyclic) bond motifs is 2. The smallest absolute Gasteiger partial charge is 0.410 e. The number of hydrogen-bond acceptors (Lipinski definition) is 9. The molecular formula is C55H74F2N2O8. The van der Waals surface area contributed by atoms with E-state index in [-0.39, 0.29) is 75.4 Å². The number of halogens is 2. The van der Waals surface area contributed by atoms with Gasteiger partial charge >= 0.3 is 6.09 Å². The highest BCUT2D eigenvalue weighted by atomic mass is 19.1. The maximum absolute atomic E-state index is 14.8. The van der Waals surface area contributed by atoms with E-state index in [1.807, 2.05) is 18.2 Å². The number of unbranched alkanes of at least 4 members (excludes halogenated alkanes) is 11. The Hall–Kier alpha value is -4.78. The van der Waals surface area contributed by atoms with Crippen LogP contribution >= 0.6 is 0 Å². The van der Waals surface area contributed by atoms with Gasteiger partial charge in [0.1, 0.15) is 42.9 Å². The Morgan fingerprint density at radius 1 is 0.896 bits per heavy atom. The van der Waals surface area contributed by atoms with Crippen LogP contribution in [-0.4, -0.2) is 72.3 Å². The third-order valence-corrected chi connectivity index (χ3v) is 13.8. The molecule has 2 N–H and O–H groups in total. The molecule has 1 aliphatic heterocycles. The van der Waals surface area contributed by atoms with Crippen molar-refractivity contribution in [3.8, 4) is 11.5 Å². The molecule has 1 fully saturated rings. The first kappa shape index (κ1) is 51.6. The Labute approximate surface area is 397 Å². The second-order valence-corrected chi connectivity index (χ2v) is 18.4. The minimum atomic E-state index is -1.51. The van der Waals surface area contributed by atoms with E-state index >= 15 is 0 Å². The quantitative estimate of drug-likeness (QED) is 0.0401. The fraction of sp³-hybridized carbons (Fsp3) is 0.564. The minimum Gasteiger partial charge on any atom is -0.489 e. The van der Waals surface area contributed by atoms with Crippen molar-refractivity contribution in [2.45, 2.75) is 147 Å². The van der Waals surface area contributed by atoms with Crippen molar-refractivity contribution in [1.82, 2.24) is 4.90 Å². The van der Waals surface area contributed by atoms with E-state index in [0.29, 0.717) is 41.2 Å². The van der Waals surface area contributed by atoms with Crippen molar-refractivity contribution in [1.29, 1.82) is 0 Å². The largest absolute Gasteiger partial charge is 0.489 e. The molecule has 6 unspecified atom stereocenters. The number of oxime groups is 1. The van der Waals surface area contributed by atoms with Gasteiger partial charge in [0.2, 0.25) is 5.79 Å². The van der Waals surface area contributed by atoms with Gasteiger partial charge in [-0.15, -0.1) is 6.58 Å². The van der Waals surface area contributed by atoms with Crippen LogP contribution in [0.5, 0.6) is 11.5 Å². The number of carbonyl (C=O) groups excluding carboxylic acids is 1. The molecule has 0 aromatic heterocycles. The molecule has 0 saturated heterocycles. The predicted molar refractivity (Wildman–Crippen MR) is 258 cm³/mol. The molecule has 3 aromatic rings. The number of hydrogen-bond donors (Lipinski definition) is 2. The second kappa shape index (κ2) is 26.7. The van der Waals surface area contributed by atoms with Crippen molar-refractivity contribution in [3.63, 3.8) is 0 Å². The minimum absolute atomic E-state index is 0.00782. The molecular weight excluding hydrogens is 855 g/mol. The van der Waals surface area contributed by atoms with Crippen molar-refractivity contribution in [2.75, 3.05) is 33.5 Å². The highest BCUT2D eigenvalue weighted by molar-refractivity contribution is 6.03. The van der Waals surface area contributed by atoms with Gasteiger partial charge in [-0.25, -0.2) is 13.6 Å². The van der Waals surface area contributed by atoms with Gasteiger partial charge in [0.05, 0.1) is 24.8 Å². The van der Waals surface area contributed by atoms with Gasteiger partial charge in [0.15, 0.2) is 0 Å². The molecule has 1 saturated carbocycles. The fourth-order valence-electron chi connectivity index (χ4n) is 10.5. The number of nitrogens with zero attached hydrogens (tertiary/aromatic N) is 2. The van der Waals surface area contributed by atoms with E-state index in [4.69, 9.17) is 23.8 Å². The number of amides is 1. The van der Waals surface area contributed by atoms with Crippen LogP contribution in [-0.2, 0) is 27.5 Å². The number of aliphatic hydroxyl groups is 2. The first-order valence-corrected chi connectivity index (χ1v) is 24.9. The average molecular weight is 929 g/mol. The number of benzene rings is 3. The number of ether oxygens (including phenoxy) is 4. The number of rotatable bonds is 29. The summed E-state index contributed by atoms with van der Waals surface area (Å²) in [5.41, 5.74) is 3.54. The molecule has 2 aliphatic carbocycles. The molecule has 0 radical (unpaired) electrons.